The first-order chi connectivity index (χ1) is 15.0. The Morgan fingerprint density at radius 3 is 2.16 bits per heavy atom. The highest BCUT2D eigenvalue weighted by atomic mass is 79.9. The minimum Gasteiger partial charge on any atom is -0.495 e. The fourth-order valence-corrected chi connectivity index (χ4v) is 7.12. The Hall–Kier alpha value is -2.63. The lowest BCUT2D eigenvalue weighted by atomic mass is 9.55. The summed E-state index contributed by atoms with van der Waals surface area (Å²) in [7, 11) is 1.52. The van der Waals surface area contributed by atoms with Crippen molar-refractivity contribution in [3.05, 3.63) is 94.0 Å². The topological polar surface area (TPSA) is 46.6 Å². The average molecular weight is 495 g/mol. The molecule has 0 saturated carbocycles. The third-order valence-corrected chi connectivity index (χ3v) is 8.48. The van der Waals surface area contributed by atoms with E-state index < -0.39 is 16.2 Å². The molecule has 3 aliphatic carbocycles. The molecule has 0 unspecified atom stereocenters. The van der Waals surface area contributed by atoms with Crippen LogP contribution < -0.4 is 9.64 Å². The van der Waals surface area contributed by atoms with Crippen molar-refractivity contribution in [3.63, 3.8) is 0 Å². The summed E-state index contributed by atoms with van der Waals surface area (Å²) in [6.07, 6.45) is 0. The zero-order chi connectivity index (χ0) is 21.5. The van der Waals surface area contributed by atoms with Gasteiger partial charge in [-0.25, -0.2) is 4.90 Å². The molecule has 0 N–H and O–H groups in total. The third-order valence-electron chi connectivity index (χ3n) is 6.90. The molecule has 2 atom stereocenters. The number of amides is 2. The molecule has 154 valence electrons. The quantitative estimate of drug-likeness (QED) is 0.361. The molecule has 0 aromatic heterocycles. The van der Waals surface area contributed by atoms with Crippen LogP contribution in [-0.4, -0.2) is 18.9 Å². The van der Waals surface area contributed by atoms with Crippen LogP contribution in [0.15, 0.2) is 66.7 Å². The number of anilines is 1. The first-order valence-corrected chi connectivity index (χ1v) is 11.2. The van der Waals surface area contributed by atoms with Gasteiger partial charge in [-0.05, 0) is 40.5 Å². The van der Waals surface area contributed by atoms with E-state index in [4.69, 9.17) is 16.3 Å². The summed E-state index contributed by atoms with van der Waals surface area (Å²) in [5.74, 6) is -1.24. The van der Waals surface area contributed by atoms with Crippen LogP contribution in [0.4, 0.5) is 5.69 Å². The van der Waals surface area contributed by atoms with Crippen LogP contribution >= 0.6 is 27.5 Å². The predicted molar refractivity (Wildman–Crippen MR) is 122 cm³/mol. The van der Waals surface area contributed by atoms with Gasteiger partial charge in [-0.2, -0.15) is 0 Å². The third kappa shape index (κ3) is 2.26. The number of halogens is 2. The summed E-state index contributed by atoms with van der Waals surface area (Å²) in [6, 6.07) is 21.2. The number of alkyl halides is 1. The van der Waals surface area contributed by atoms with E-state index in [0.29, 0.717) is 16.5 Å². The highest BCUT2D eigenvalue weighted by Gasteiger charge is 2.67. The Balaban J connectivity index is 1.62. The zero-order valence-corrected chi connectivity index (χ0v) is 18.9. The minimum absolute atomic E-state index is 0.177. The van der Waals surface area contributed by atoms with E-state index in [1.165, 1.54) is 12.0 Å². The molecule has 1 fully saturated rings. The molecule has 31 heavy (non-hydrogen) atoms. The molecule has 2 amide bonds. The number of carbonyl (C=O) groups excluding carboxylic acids is 2. The second kappa shape index (κ2) is 6.44. The van der Waals surface area contributed by atoms with Gasteiger partial charge < -0.3 is 4.74 Å². The lowest BCUT2D eigenvalue weighted by Crippen LogP contribution is -2.50. The Kier molecular flexibility index (Phi) is 3.96. The van der Waals surface area contributed by atoms with Crippen molar-refractivity contribution in [2.24, 2.45) is 11.8 Å². The van der Waals surface area contributed by atoms with Gasteiger partial charge in [0.25, 0.3) is 0 Å². The molecule has 1 heterocycles. The van der Waals surface area contributed by atoms with Crippen molar-refractivity contribution in [2.75, 3.05) is 12.0 Å². The molecule has 0 radical (unpaired) electrons. The smallest absolute Gasteiger partial charge is 0.239 e. The Morgan fingerprint density at radius 1 is 0.935 bits per heavy atom. The van der Waals surface area contributed by atoms with Crippen LogP contribution in [0.1, 0.15) is 28.2 Å². The highest BCUT2D eigenvalue weighted by Crippen LogP contribution is 2.66. The van der Waals surface area contributed by atoms with E-state index in [2.05, 4.69) is 40.2 Å². The van der Waals surface area contributed by atoms with Crippen LogP contribution in [0, 0.1) is 11.8 Å². The van der Waals surface area contributed by atoms with Crippen molar-refractivity contribution in [1.29, 1.82) is 0 Å². The van der Waals surface area contributed by atoms with Crippen molar-refractivity contribution in [3.8, 4) is 5.75 Å². The lowest BCUT2D eigenvalue weighted by molar-refractivity contribution is -0.122. The van der Waals surface area contributed by atoms with Gasteiger partial charge >= 0.3 is 0 Å². The van der Waals surface area contributed by atoms with Gasteiger partial charge in [0.15, 0.2) is 0 Å². The van der Waals surface area contributed by atoms with Crippen LogP contribution in [0.25, 0.3) is 0 Å². The number of ether oxygens (including phenoxy) is 1. The first kappa shape index (κ1) is 19.1. The SMILES string of the molecule is COc1ccc(Cl)cc1N1C(=O)[C@H]2C3c4ccccc4C(Br)(c4ccccc43)[C@H]2C1=O. The number of hydrogen-bond acceptors (Lipinski definition) is 3. The average Bonchev–Trinajstić information content (AvgIpc) is 3.05. The molecular formula is C25H17BrClNO3. The highest BCUT2D eigenvalue weighted by molar-refractivity contribution is 9.09. The Labute approximate surface area is 192 Å². The number of imide groups is 1. The van der Waals surface area contributed by atoms with Crippen molar-refractivity contribution in [2.45, 2.75) is 10.2 Å². The van der Waals surface area contributed by atoms with Crippen molar-refractivity contribution < 1.29 is 14.3 Å². The summed E-state index contributed by atoms with van der Waals surface area (Å²) in [5, 5.41) is 0.439. The fourth-order valence-electron chi connectivity index (χ4n) is 5.75. The van der Waals surface area contributed by atoms with Gasteiger partial charge in [0, 0.05) is 10.9 Å². The Bertz CT molecular complexity index is 1240. The maximum atomic E-state index is 13.9. The molecule has 6 heteroatoms. The molecule has 4 nitrogen and oxygen atoms in total. The molecule has 7 rings (SSSR count). The maximum Gasteiger partial charge on any atom is 0.239 e. The second-order valence-electron chi connectivity index (χ2n) is 8.20. The van der Waals surface area contributed by atoms with Gasteiger partial charge in [0.1, 0.15) is 5.75 Å². The van der Waals surface area contributed by atoms with Gasteiger partial charge in [0.05, 0.1) is 29.0 Å². The standard InChI is InChI=1S/C25H17BrClNO3/c1-31-19-11-10-13(27)12-18(19)28-23(29)21-20-14-6-2-4-8-16(14)25(26,22(21)24(28)30)17-9-5-3-7-15(17)20/h2-12,20-22H,1H3/t20?,21-,22+,25?/m0/s1. The molecule has 0 spiro atoms. The summed E-state index contributed by atoms with van der Waals surface area (Å²) < 4.78 is 4.69. The summed E-state index contributed by atoms with van der Waals surface area (Å²) in [6.45, 7) is 0. The number of rotatable bonds is 2. The summed E-state index contributed by atoms with van der Waals surface area (Å²) in [4.78, 5) is 29.1. The van der Waals surface area contributed by atoms with E-state index in [1.54, 1.807) is 18.2 Å². The van der Waals surface area contributed by atoms with E-state index >= 15 is 0 Å². The van der Waals surface area contributed by atoms with Crippen LogP contribution in [0.3, 0.4) is 0 Å². The molecular weight excluding hydrogens is 478 g/mol. The summed E-state index contributed by atoms with van der Waals surface area (Å²) >= 11 is 10.2. The maximum absolute atomic E-state index is 13.9. The summed E-state index contributed by atoms with van der Waals surface area (Å²) in [5.41, 5.74) is 4.70. The number of benzene rings is 3. The molecule has 3 aromatic carbocycles. The number of hydrogen-bond donors (Lipinski definition) is 0. The first-order valence-electron chi connectivity index (χ1n) is 10.1. The van der Waals surface area contributed by atoms with Crippen molar-refractivity contribution in [1.82, 2.24) is 0 Å². The van der Waals surface area contributed by atoms with E-state index in [-0.39, 0.29) is 17.7 Å². The van der Waals surface area contributed by atoms with Crippen LogP contribution in [-0.2, 0) is 13.9 Å². The van der Waals surface area contributed by atoms with Gasteiger partial charge in [-0.15, -0.1) is 0 Å². The molecule has 3 aromatic rings. The van der Waals surface area contributed by atoms with Gasteiger partial charge in [-0.3, -0.25) is 9.59 Å². The van der Waals surface area contributed by atoms with E-state index in [9.17, 15) is 9.59 Å². The van der Waals surface area contributed by atoms with E-state index in [1.807, 2.05) is 24.3 Å². The van der Waals surface area contributed by atoms with E-state index in [0.717, 1.165) is 22.3 Å². The molecule has 1 saturated heterocycles. The second-order valence-corrected chi connectivity index (χ2v) is 9.88. The van der Waals surface area contributed by atoms with Gasteiger partial charge in [0.2, 0.25) is 11.8 Å². The molecule has 4 aliphatic rings. The number of carbonyl (C=O) groups is 2. The van der Waals surface area contributed by atoms with Crippen LogP contribution in [0.5, 0.6) is 5.75 Å². The zero-order valence-electron chi connectivity index (χ0n) is 16.5. The van der Waals surface area contributed by atoms with Gasteiger partial charge in [-0.1, -0.05) is 76.1 Å². The van der Waals surface area contributed by atoms with Crippen LogP contribution in [0.2, 0.25) is 5.02 Å². The monoisotopic (exact) mass is 493 g/mol. The largest absolute Gasteiger partial charge is 0.495 e. The lowest BCUT2D eigenvalue weighted by Gasteiger charge is -2.51. The number of methoxy groups -OCH3 is 1. The Morgan fingerprint density at radius 2 is 1.55 bits per heavy atom. The minimum atomic E-state index is -0.771. The molecule has 1 aliphatic heterocycles. The molecule has 2 bridgehead atoms. The van der Waals surface area contributed by atoms with Crippen molar-refractivity contribution >= 4 is 45.0 Å². The fraction of sp³-hybridized carbons (Fsp3) is 0.200. The predicted octanol–water partition coefficient (Wildman–Crippen LogP) is 5.25. The number of nitrogens with zero attached hydrogens (tertiary/aromatic N) is 1. The normalized spacial score (nSPS) is 27.7.